The molecule has 6 heteroatoms. The van der Waals surface area contributed by atoms with E-state index in [0.29, 0.717) is 30.4 Å². The number of thiophene rings is 1. The second-order valence-corrected chi connectivity index (χ2v) is 7.51. The summed E-state index contributed by atoms with van der Waals surface area (Å²) in [7, 11) is 0. The van der Waals surface area contributed by atoms with Crippen LogP contribution in [0, 0.1) is 0 Å². The van der Waals surface area contributed by atoms with Gasteiger partial charge in [0.15, 0.2) is 11.5 Å². The van der Waals surface area contributed by atoms with E-state index in [2.05, 4.69) is 5.32 Å². The molecular weight excluding hydrogens is 362 g/mol. The Balaban J connectivity index is 1.27. The second kappa shape index (κ2) is 6.63. The fraction of sp³-hybridized carbons (Fsp3) is 0.190. The Morgan fingerprint density at radius 3 is 2.70 bits per heavy atom. The van der Waals surface area contributed by atoms with Crippen molar-refractivity contribution in [3.8, 4) is 27.7 Å². The van der Waals surface area contributed by atoms with Crippen LogP contribution in [0.5, 0.6) is 17.2 Å². The summed E-state index contributed by atoms with van der Waals surface area (Å²) in [5.74, 6) is 2.22. The molecule has 0 spiro atoms. The van der Waals surface area contributed by atoms with Gasteiger partial charge in [-0.1, -0.05) is 24.3 Å². The third kappa shape index (κ3) is 3.02. The van der Waals surface area contributed by atoms with Crippen LogP contribution in [-0.2, 0) is 6.61 Å². The monoisotopic (exact) mass is 379 g/mol. The van der Waals surface area contributed by atoms with E-state index in [-0.39, 0.29) is 12.0 Å². The van der Waals surface area contributed by atoms with Crippen molar-refractivity contribution in [1.29, 1.82) is 0 Å². The number of nitrogens with one attached hydrogen (secondary N) is 1. The molecule has 1 amide bonds. The molecule has 1 atom stereocenters. The topological polar surface area (TPSA) is 56.8 Å². The number of fused-ring (bicyclic) bond motifs is 4. The van der Waals surface area contributed by atoms with E-state index < -0.39 is 0 Å². The molecule has 0 saturated carbocycles. The summed E-state index contributed by atoms with van der Waals surface area (Å²) in [6, 6.07) is 17.4. The van der Waals surface area contributed by atoms with Crippen molar-refractivity contribution in [3.05, 3.63) is 65.0 Å². The summed E-state index contributed by atoms with van der Waals surface area (Å²) < 4.78 is 17.3. The lowest BCUT2D eigenvalue weighted by Crippen LogP contribution is -2.40. The normalized spacial score (nSPS) is 16.7. The Morgan fingerprint density at radius 2 is 1.81 bits per heavy atom. The zero-order valence-electron chi connectivity index (χ0n) is 14.4. The van der Waals surface area contributed by atoms with E-state index in [1.807, 2.05) is 54.6 Å². The van der Waals surface area contributed by atoms with E-state index >= 15 is 0 Å². The smallest absolute Gasteiger partial charge is 0.261 e. The van der Waals surface area contributed by atoms with Gasteiger partial charge in [0.2, 0.25) is 0 Å². The van der Waals surface area contributed by atoms with Gasteiger partial charge in [0.05, 0.1) is 11.4 Å². The molecule has 1 N–H and O–H groups in total. The predicted molar refractivity (Wildman–Crippen MR) is 103 cm³/mol. The summed E-state index contributed by atoms with van der Waals surface area (Å²) in [6.07, 6.45) is -0.206. The Labute approximate surface area is 160 Å². The minimum atomic E-state index is -0.206. The van der Waals surface area contributed by atoms with Crippen LogP contribution in [0.2, 0.25) is 0 Å². The maximum atomic E-state index is 12.6. The lowest BCUT2D eigenvalue weighted by molar-refractivity contribution is 0.0791. The number of rotatable bonds is 3. The average molecular weight is 379 g/mol. The van der Waals surface area contributed by atoms with Gasteiger partial charge in [-0.15, -0.1) is 11.3 Å². The Bertz CT molecular complexity index is 1010. The fourth-order valence-corrected chi connectivity index (χ4v) is 4.38. The molecule has 27 heavy (non-hydrogen) atoms. The number of para-hydroxylation sites is 3. The fourth-order valence-electron chi connectivity index (χ4n) is 3.27. The van der Waals surface area contributed by atoms with Crippen LogP contribution in [0.3, 0.4) is 0 Å². The summed E-state index contributed by atoms with van der Waals surface area (Å²) in [4.78, 5) is 14.4. The van der Waals surface area contributed by atoms with E-state index in [1.54, 1.807) is 0 Å². The molecule has 0 radical (unpaired) electrons. The average Bonchev–Trinajstić information content (AvgIpc) is 3.17. The number of carbonyl (C=O) groups is 1. The van der Waals surface area contributed by atoms with Gasteiger partial charge < -0.3 is 19.5 Å². The van der Waals surface area contributed by atoms with Gasteiger partial charge >= 0.3 is 0 Å². The summed E-state index contributed by atoms with van der Waals surface area (Å²) in [5, 5.41) is 2.96. The number of ether oxygens (including phenoxy) is 3. The highest BCUT2D eigenvalue weighted by Gasteiger charge is 2.24. The first kappa shape index (κ1) is 16.2. The molecule has 0 bridgehead atoms. The molecule has 0 saturated heterocycles. The number of amides is 1. The molecule has 2 aliphatic rings. The Kier molecular flexibility index (Phi) is 3.98. The first-order valence-electron chi connectivity index (χ1n) is 8.79. The molecule has 2 aromatic carbocycles. The SMILES string of the molecule is O=C(NC[C@H]1COc2ccccc2O1)c1cc2c(s1)-c1ccccc1OC2. The first-order valence-corrected chi connectivity index (χ1v) is 9.61. The highest BCUT2D eigenvalue weighted by atomic mass is 32.1. The summed E-state index contributed by atoms with van der Waals surface area (Å²) >= 11 is 1.50. The van der Waals surface area contributed by atoms with Gasteiger partial charge in [0.25, 0.3) is 5.91 Å². The van der Waals surface area contributed by atoms with Gasteiger partial charge in [0, 0.05) is 16.0 Å². The maximum Gasteiger partial charge on any atom is 0.261 e. The molecule has 3 aromatic rings. The first-order chi connectivity index (χ1) is 13.3. The van der Waals surface area contributed by atoms with Crippen LogP contribution in [0.1, 0.15) is 15.2 Å². The van der Waals surface area contributed by atoms with E-state index in [4.69, 9.17) is 14.2 Å². The lowest BCUT2D eigenvalue weighted by Gasteiger charge is -2.26. The Morgan fingerprint density at radius 1 is 1.04 bits per heavy atom. The zero-order valence-corrected chi connectivity index (χ0v) is 15.3. The van der Waals surface area contributed by atoms with Gasteiger partial charge in [0.1, 0.15) is 25.1 Å². The Hall–Kier alpha value is -2.99. The number of carbonyl (C=O) groups excluding carboxylic acids is 1. The summed E-state index contributed by atoms with van der Waals surface area (Å²) in [6.45, 7) is 1.30. The van der Waals surface area contributed by atoms with Gasteiger partial charge in [-0.3, -0.25) is 4.79 Å². The quantitative estimate of drug-likeness (QED) is 0.750. The van der Waals surface area contributed by atoms with Crippen molar-refractivity contribution in [1.82, 2.24) is 5.32 Å². The predicted octanol–water partition coefficient (Wildman–Crippen LogP) is 3.88. The van der Waals surface area contributed by atoms with Gasteiger partial charge in [-0.05, 0) is 30.3 Å². The van der Waals surface area contributed by atoms with Crippen molar-refractivity contribution < 1.29 is 19.0 Å². The third-order valence-electron chi connectivity index (χ3n) is 4.61. The van der Waals surface area contributed by atoms with Crippen molar-refractivity contribution in [2.24, 2.45) is 0 Å². The molecule has 0 aliphatic carbocycles. The molecular formula is C21H17NO4S. The molecule has 5 nitrogen and oxygen atoms in total. The molecule has 2 aliphatic heterocycles. The standard InChI is InChI=1S/C21H17NO4S/c23-21(22-10-14-12-25-17-7-3-4-8-18(17)26-14)19-9-13-11-24-16-6-2-1-5-15(16)20(13)27-19/h1-9,14H,10-12H2,(H,22,23)/t14-/m0/s1. The highest BCUT2D eigenvalue weighted by Crippen LogP contribution is 2.42. The van der Waals surface area contributed by atoms with Crippen molar-refractivity contribution in [2.45, 2.75) is 12.7 Å². The largest absolute Gasteiger partial charge is 0.488 e. The maximum absolute atomic E-state index is 12.6. The molecule has 136 valence electrons. The van der Waals surface area contributed by atoms with Crippen LogP contribution < -0.4 is 19.5 Å². The van der Waals surface area contributed by atoms with Crippen LogP contribution in [0.25, 0.3) is 10.4 Å². The minimum Gasteiger partial charge on any atom is -0.488 e. The number of hydrogen-bond donors (Lipinski definition) is 1. The van der Waals surface area contributed by atoms with Gasteiger partial charge in [-0.2, -0.15) is 0 Å². The van der Waals surface area contributed by atoms with E-state index in [9.17, 15) is 4.79 Å². The second-order valence-electron chi connectivity index (χ2n) is 6.46. The highest BCUT2D eigenvalue weighted by molar-refractivity contribution is 7.17. The molecule has 5 rings (SSSR count). The lowest BCUT2D eigenvalue weighted by atomic mass is 10.1. The van der Waals surface area contributed by atoms with Crippen LogP contribution >= 0.6 is 11.3 Å². The van der Waals surface area contributed by atoms with E-state index in [0.717, 1.165) is 27.5 Å². The minimum absolute atomic E-state index is 0.102. The van der Waals surface area contributed by atoms with E-state index in [1.165, 1.54) is 11.3 Å². The van der Waals surface area contributed by atoms with Crippen LogP contribution in [0.15, 0.2) is 54.6 Å². The molecule has 1 aromatic heterocycles. The van der Waals surface area contributed by atoms with Crippen LogP contribution in [-0.4, -0.2) is 25.2 Å². The summed E-state index contributed by atoms with van der Waals surface area (Å²) in [5.41, 5.74) is 2.10. The number of benzene rings is 2. The molecule has 0 fully saturated rings. The third-order valence-corrected chi connectivity index (χ3v) is 5.81. The molecule has 0 unspecified atom stereocenters. The zero-order chi connectivity index (χ0) is 18.2. The van der Waals surface area contributed by atoms with Crippen molar-refractivity contribution >= 4 is 17.2 Å². The molecule has 3 heterocycles. The van der Waals surface area contributed by atoms with Crippen molar-refractivity contribution in [3.63, 3.8) is 0 Å². The van der Waals surface area contributed by atoms with Gasteiger partial charge in [-0.25, -0.2) is 0 Å². The number of hydrogen-bond acceptors (Lipinski definition) is 5. The van der Waals surface area contributed by atoms with Crippen LogP contribution in [0.4, 0.5) is 0 Å². The van der Waals surface area contributed by atoms with Crippen molar-refractivity contribution in [2.75, 3.05) is 13.2 Å².